The molecule has 0 fully saturated rings. The Hall–Kier alpha value is -2.38. The summed E-state index contributed by atoms with van der Waals surface area (Å²) >= 11 is -3.22. The van der Waals surface area contributed by atoms with Gasteiger partial charge in [-0.2, -0.15) is 5.11 Å². The van der Waals surface area contributed by atoms with Gasteiger partial charge >= 0.3 is 88.7 Å². The number of nitrogen functional groups attached to an aromatic ring is 1. The van der Waals surface area contributed by atoms with Gasteiger partial charge in [0.25, 0.3) is 0 Å². The van der Waals surface area contributed by atoms with E-state index in [-0.39, 0.29) is 122 Å². The minimum absolute atomic E-state index is 0. The molecule has 0 spiro atoms. The molecule has 1 unspecified atom stereocenters. The molecule has 248 valence electrons. The molecule has 51 heavy (non-hydrogen) atoms. The molecule has 0 bridgehead atoms. The van der Waals surface area contributed by atoms with Crippen LogP contribution in [0.2, 0.25) is 0 Å². The van der Waals surface area contributed by atoms with Crippen LogP contribution >= 0.6 is 0 Å². The maximum Gasteiger partial charge on any atom is 1.00 e. The van der Waals surface area contributed by atoms with Crippen molar-refractivity contribution >= 4 is 93.7 Å². The van der Waals surface area contributed by atoms with Crippen molar-refractivity contribution < 1.29 is 137 Å². The van der Waals surface area contributed by atoms with Crippen LogP contribution in [0.4, 0.5) is 34.1 Å². The van der Waals surface area contributed by atoms with Gasteiger partial charge in [-0.3, -0.25) is 0 Å². The monoisotopic (exact) mass is 780 g/mol. The number of hydrogen-bond acceptors (Lipinski definition) is 17. The summed E-state index contributed by atoms with van der Waals surface area (Å²) < 4.78 is 103. The van der Waals surface area contributed by atoms with E-state index in [1.807, 2.05) is 0 Å². The van der Waals surface area contributed by atoms with Crippen LogP contribution in [-0.2, 0) is 36.3 Å². The first-order valence-corrected chi connectivity index (χ1v) is 16.8. The van der Waals surface area contributed by atoms with E-state index in [0.717, 1.165) is 30.3 Å². The van der Waals surface area contributed by atoms with Crippen molar-refractivity contribution in [2.45, 2.75) is 9.79 Å². The number of rotatable bonds is 10. The molecular weight excluding hydrogens is 762 g/mol. The van der Waals surface area contributed by atoms with E-state index in [1.54, 1.807) is 24.3 Å². The molecule has 0 radical (unpaired) electrons. The summed E-state index contributed by atoms with van der Waals surface area (Å²) in [6.07, 6.45) is 1.26. The summed E-state index contributed by atoms with van der Waals surface area (Å²) in [5.74, 6) is -1.37. The Balaban J connectivity index is 0.00000300. The molecule has 5 rings (SSSR count). The van der Waals surface area contributed by atoms with Crippen LogP contribution in [0.1, 0.15) is 0 Å². The molecule has 5 aromatic rings. The predicted octanol–water partition coefficient (Wildman–Crippen LogP) is -3.59. The van der Waals surface area contributed by atoms with Crippen molar-refractivity contribution in [3.63, 3.8) is 0 Å². The van der Waals surface area contributed by atoms with Crippen molar-refractivity contribution in [3.05, 3.63) is 72.8 Å². The van der Waals surface area contributed by atoms with Gasteiger partial charge in [0.1, 0.15) is 31.6 Å². The Morgan fingerprint density at radius 1 is 0.765 bits per heavy atom. The van der Waals surface area contributed by atoms with Crippen molar-refractivity contribution in [1.29, 1.82) is 0 Å². The van der Waals surface area contributed by atoms with Crippen molar-refractivity contribution in [3.8, 4) is 11.5 Å². The summed E-state index contributed by atoms with van der Waals surface area (Å²) in [4.78, 5) is 2.63. The van der Waals surface area contributed by atoms with Crippen LogP contribution in [0.5, 0.6) is 11.5 Å². The first-order chi connectivity index (χ1) is 22.7. The van der Waals surface area contributed by atoms with Crippen molar-refractivity contribution in [1.82, 2.24) is 0 Å². The number of methoxy groups -OCH3 is 1. The van der Waals surface area contributed by atoms with Crippen LogP contribution in [-0.4, -0.2) is 53.3 Å². The number of azo groups is 2. The van der Waals surface area contributed by atoms with Crippen LogP contribution in [0.15, 0.2) is 108 Å². The Kier molecular flexibility index (Phi) is 16.3. The van der Waals surface area contributed by atoms with Gasteiger partial charge in [0.2, 0.25) is 0 Å². The summed E-state index contributed by atoms with van der Waals surface area (Å²) in [6.45, 7) is 0. The first-order valence-electron chi connectivity index (χ1n) is 13.0. The van der Waals surface area contributed by atoms with E-state index >= 15 is 0 Å². The minimum atomic E-state index is -5.04. The Morgan fingerprint density at radius 3 is 1.96 bits per heavy atom. The third-order valence-electron chi connectivity index (χ3n) is 6.53. The van der Waals surface area contributed by atoms with E-state index < -0.39 is 64.3 Å². The molecule has 0 aliphatic heterocycles. The number of phenolic OH excluding ortho intramolecular Hbond substituents is 1. The molecular formula is C28H19N6Na3O11S3. The maximum atomic E-state index is 11.8. The van der Waals surface area contributed by atoms with E-state index in [1.165, 1.54) is 31.7 Å². The number of nitrogens with zero attached hydrogens (tertiary/aromatic N) is 5. The standard InChI is InChI=1S/C28H22N6O11S3.3Na/c1-44-14-30-16-2-4-17(5-3-16)31-32-23-8-9-24(21-12-18(47(38,39)40)6-7-19(21)23)33-34-27-25(45-46(36)37)10-15-11-26(48(41,42)43)22(29)13-20(15)28(27)35;;;/h2-14,35H,29H2,1H3,(H,36,37)(H,38,39,40)(H,41,42,43);;;/q;3*+1/p-3. The molecule has 0 aromatic heterocycles. The van der Waals surface area contributed by atoms with Gasteiger partial charge in [-0.25, -0.2) is 26.0 Å². The average Bonchev–Trinajstić information content (AvgIpc) is 3.02. The van der Waals surface area contributed by atoms with Gasteiger partial charge in [0.05, 0.1) is 39.7 Å². The third kappa shape index (κ3) is 10.8. The van der Waals surface area contributed by atoms with Gasteiger partial charge in [-0.05, 0) is 72.1 Å². The zero-order valence-electron chi connectivity index (χ0n) is 27.1. The number of benzene rings is 5. The molecule has 0 aliphatic carbocycles. The molecule has 3 N–H and O–H groups in total. The Morgan fingerprint density at radius 2 is 1.37 bits per heavy atom. The van der Waals surface area contributed by atoms with Crippen molar-refractivity contribution in [2.75, 3.05) is 12.8 Å². The maximum absolute atomic E-state index is 11.8. The van der Waals surface area contributed by atoms with E-state index in [9.17, 15) is 39.8 Å². The minimum Gasteiger partial charge on any atom is -0.744 e. The van der Waals surface area contributed by atoms with Crippen LogP contribution < -0.4 is 98.6 Å². The number of fused-ring (bicyclic) bond motifs is 2. The number of ether oxygens (including phenoxy) is 1. The smallest absolute Gasteiger partial charge is 0.744 e. The number of phenols is 1. The number of aliphatic imine (C=N–C) groups is 1. The summed E-state index contributed by atoms with van der Waals surface area (Å²) in [6, 6.07) is 15.6. The molecule has 0 aliphatic rings. The fourth-order valence-electron chi connectivity index (χ4n) is 4.40. The number of anilines is 1. The fraction of sp³-hybridized carbons (Fsp3) is 0.0357. The molecule has 0 heterocycles. The number of hydrogen-bond donors (Lipinski definition) is 2. The topological polar surface area (TPSA) is 281 Å². The van der Waals surface area contributed by atoms with Crippen LogP contribution in [0.25, 0.3) is 21.5 Å². The molecule has 5 aromatic carbocycles. The van der Waals surface area contributed by atoms with E-state index in [4.69, 9.17) is 14.7 Å². The molecule has 0 saturated heterocycles. The van der Waals surface area contributed by atoms with Gasteiger partial charge in [0, 0.05) is 21.8 Å². The Labute approximate surface area is 359 Å². The molecule has 23 heteroatoms. The average molecular weight is 781 g/mol. The SMILES string of the molecule is COC=Nc1ccc(N=Nc2ccc(N=Nc3c(OS(=O)[O-])cc4cc(S(=O)(=O)[O-])c(N)cc4c3O)c3cc(S(=O)(=O)[O-])ccc23)cc1.[Na+].[Na+].[Na+]. The summed E-state index contributed by atoms with van der Waals surface area (Å²) in [5, 5.41) is 27.5. The zero-order chi connectivity index (χ0) is 34.8. The van der Waals surface area contributed by atoms with Gasteiger partial charge in [-0.1, -0.05) is 6.07 Å². The van der Waals surface area contributed by atoms with Gasteiger partial charge in [-0.15, -0.1) is 15.3 Å². The molecule has 0 saturated carbocycles. The fourth-order valence-corrected chi connectivity index (χ4v) is 5.79. The van der Waals surface area contributed by atoms with Gasteiger partial charge in [0.15, 0.2) is 23.6 Å². The summed E-state index contributed by atoms with van der Waals surface area (Å²) in [7, 11) is -8.52. The largest absolute Gasteiger partial charge is 1.00 e. The van der Waals surface area contributed by atoms with Crippen molar-refractivity contribution in [2.24, 2.45) is 25.4 Å². The van der Waals surface area contributed by atoms with Gasteiger partial charge < -0.3 is 33.4 Å². The second-order valence-electron chi connectivity index (χ2n) is 9.58. The zero-order valence-corrected chi connectivity index (χ0v) is 35.5. The third-order valence-corrected chi connectivity index (χ3v) is 8.57. The van der Waals surface area contributed by atoms with E-state index in [2.05, 4.69) is 25.4 Å². The van der Waals surface area contributed by atoms with Crippen LogP contribution in [0, 0.1) is 0 Å². The molecule has 17 nitrogen and oxygen atoms in total. The molecule has 1 atom stereocenters. The second-order valence-corrected chi connectivity index (χ2v) is 12.9. The number of aromatic hydroxyl groups is 1. The Bertz CT molecular complexity index is 2430. The predicted molar refractivity (Wildman–Crippen MR) is 169 cm³/mol. The quantitative estimate of drug-likeness (QED) is 0.0265. The summed E-state index contributed by atoms with van der Waals surface area (Å²) in [5.41, 5.74) is 5.86. The second kappa shape index (κ2) is 18.6. The van der Waals surface area contributed by atoms with E-state index in [0.29, 0.717) is 11.4 Å². The molecule has 0 amide bonds. The number of nitrogens with two attached hydrogens (primary N) is 1. The van der Waals surface area contributed by atoms with Crippen LogP contribution in [0.3, 0.4) is 0 Å². The normalized spacial score (nSPS) is 12.5. The first kappa shape index (κ1) is 44.8.